The van der Waals surface area contributed by atoms with Gasteiger partial charge < -0.3 is 21.1 Å². The smallest absolute Gasteiger partial charge is 0.320 e. The maximum absolute atomic E-state index is 11.6. The van der Waals surface area contributed by atoms with Crippen LogP contribution in [0.3, 0.4) is 0 Å². The Labute approximate surface area is 88.4 Å². The van der Waals surface area contributed by atoms with Gasteiger partial charge in [0.05, 0.1) is 0 Å². The lowest BCUT2D eigenvalue weighted by Crippen LogP contribution is -2.46. The minimum absolute atomic E-state index is 0.00630. The summed E-state index contributed by atoms with van der Waals surface area (Å²) < 4.78 is 0. The Bertz CT molecular complexity index is 239. The molecule has 1 heterocycles. The lowest BCUT2D eigenvalue weighted by atomic mass is 10.1. The zero-order chi connectivity index (χ0) is 11.3. The summed E-state index contributed by atoms with van der Waals surface area (Å²) >= 11 is 0. The summed E-state index contributed by atoms with van der Waals surface area (Å²) in [6, 6.07) is -0.933. The number of nitrogens with two attached hydrogens (primary N) is 1. The highest BCUT2D eigenvalue weighted by molar-refractivity contribution is 5.78. The second kappa shape index (κ2) is 5.67. The molecule has 6 nitrogen and oxygen atoms in total. The van der Waals surface area contributed by atoms with Crippen LogP contribution in [0.25, 0.3) is 0 Å². The van der Waals surface area contributed by atoms with Gasteiger partial charge in [0.2, 0.25) is 5.91 Å². The SMILES string of the molecule is NC(CCC(=O)N1CCNCC1)C(=O)O. The molecule has 1 aliphatic heterocycles. The fourth-order valence-electron chi connectivity index (χ4n) is 1.47. The molecule has 0 aromatic carbocycles. The summed E-state index contributed by atoms with van der Waals surface area (Å²) in [5.41, 5.74) is 5.31. The van der Waals surface area contributed by atoms with Crippen molar-refractivity contribution < 1.29 is 14.7 Å². The molecule has 1 amide bonds. The average Bonchev–Trinajstić information content (AvgIpc) is 2.26. The molecule has 1 rings (SSSR count). The minimum atomic E-state index is -1.05. The van der Waals surface area contributed by atoms with Crippen molar-refractivity contribution in [1.82, 2.24) is 10.2 Å². The van der Waals surface area contributed by atoms with Crippen LogP contribution in [0.1, 0.15) is 12.8 Å². The van der Waals surface area contributed by atoms with E-state index in [9.17, 15) is 9.59 Å². The van der Waals surface area contributed by atoms with E-state index in [1.807, 2.05) is 0 Å². The van der Waals surface area contributed by atoms with Crippen molar-refractivity contribution >= 4 is 11.9 Å². The third kappa shape index (κ3) is 3.85. The number of rotatable bonds is 4. The lowest BCUT2D eigenvalue weighted by molar-refractivity contribution is -0.139. The van der Waals surface area contributed by atoms with Gasteiger partial charge in [-0.3, -0.25) is 9.59 Å². The Balaban J connectivity index is 2.25. The molecule has 0 aromatic heterocycles. The van der Waals surface area contributed by atoms with Gasteiger partial charge in [-0.25, -0.2) is 0 Å². The van der Waals surface area contributed by atoms with Crippen molar-refractivity contribution in [3.8, 4) is 0 Å². The van der Waals surface area contributed by atoms with Crippen molar-refractivity contribution in [3.05, 3.63) is 0 Å². The summed E-state index contributed by atoms with van der Waals surface area (Å²) in [5, 5.41) is 11.7. The van der Waals surface area contributed by atoms with Gasteiger partial charge in [0.15, 0.2) is 0 Å². The molecule has 0 aliphatic carbocycles. The largest absolute Gasteiger partial charge is 0.480 e. The highest BCUT2D eigenvalue weighted by Gasteiger charge is 2.18. The second-order valence-corrected chi connectivity index (χ2v) is 3.61. The first kappa shape index (κ1) is 11.9. The number of aliphatic carboxylic acids is 1. The van der Waals surface area contributed by atoms with Gasteiger partial charge in [-0.1, -0.05) is 0 Å². The average molecular weight is 215 g/mol. The highest BCUT2D eigenvalue weighted by atomic mass is 16.4. The van der Waals surface area contributed by atoms with Crippen molar-refractivity contribution in [2.75, 3.05) is 26.2 Å². The van der Waals surface area contributed by atoms with E-state index in [0.717, 1.165) is 13.1 Å². The van der Waals surface area contributed by atoms with E-state index >= 15 is 0 Å². The normalized spacial score (nSPS) is 18.6. The topological polar surface area (TPSA) is 95.7 Å². The van der Waals surface area contributed by atoms with Gasteiger partial charge in [-0.15, -0.1) is 0 Å². The molecule has 15 heavy (non-hydrogen) atoms. The van der Waals surface area contributed by atoms with Crippen molar-refractivity contribution in [2.24, 2.45) is 5.73 Å². The quantitative estimate of drug-likeness (QED) is 0.536. The molecule has 1 atom stereocenters. The van der Waals surface area contributed by atoms with Gasteiger partial charge in [0.1, 0.15) is 6.04 Å². The van der Waals surface area contributed by atoms with Crippen LogP contribution < -0.4 is 11.1 Å². The predicted octanol–water partition coefficient (Wildman–Crippen LogP) is -1.39. The van der Waals surface area contributed by atoms with Crippen LogP contribution in [-0.4, -0.2) is 54.1 Å². The van der Waals surface area contributed by atoms with E-state index in [2.05, 4.69) is 5.32 Å². The van der Waals surface area contributed by atoms with E-state index in [-0.39, 0.29) is 18.7 Å². The number of carboxylic acids is 1. The fraction of sp³-hybridized carbons (Fsp3) is 0.778. The van der Waals surface area contributed by atoms with E-state index in [0.29, 0.717) is 13.1 Å². The minimum Gasteiger partial charge on any atom is -0.480 e. The number of hydrogen-bond donors (Lipinski definition) is 3. The first-order valence-electron chi connectivity index (χ1n) is 5.08. The van der Waals surface area contributed by atoms with E-state index < -0.39 is 12.0 Å². The molecule has 6 heteroatoms. The van der Waals surface area contributed by atoms with E-state index in [4.69, 9.17) is 10.8 Å². The third-order valence-corrected chi connectivity index (χ3v) is 2.46. The molecule has 0 saturated carbocycles. The molecule has 1 aliphatic rings. The van der Waals surface area contributed by atoms with Crippen LogP contribution in [0.15, 0.2) is 0 Å². The van der Waals surface area contributed by atoms with Crippen LogP contribution in [0.4, 0.5) is 0 Å². The molecule has 86 valence electrons. The number of piperazine rings is 1. The molecule has 1 saturated heterocycles. The molecular formula is C9H17N3O3. The predicted molar refractivity (Wildman–Crippen MR) is 54.3 cm³/mol. The van der Waals surface area contributed by atoms with Crippen LogP contribution in [0, 0.1) is 0 Å². The Kier molecular flexibility index (Phi) is 4.51. The number of amides is 1. The van der Waals surface area contributed by atoms with Gasteiger partial charge in [0, 0.05) is 32.6 Å². The molecular weight excluding hydrogens is 198 g/mol. The summed E-state index contributed by atoms with van der Waals surface area (Å²) in [6.07, 6.45) is 0.422. The highest BCUT2D eigenvalue weighted by Crippen LogP contribution is 2.02. The number of nitrogens with one attached hydrogen (secondary N) is 1. The standard InChI is InChI=1S/C9H17N3O3/c10-7(9(14)15)1-2-8(13)12-5-3-11-4-6-12/h7,11H,1-6,10H2,(H,14,15). The van der Waals surface area contributed by atoms with Gasteiger partial charge in [0.25, 0.3) is 0 Å². The number of carbonyl (C=O) groups is 2. The lowest BCUT2D eigenvalue weighted by Gasteiger charge is -2.27. The summed E-state index contributed by atoms with van der Waals surface area (Å²) in [4.78, 5) is 23.7. The maximum Gasteiger partial charge on any atom is 0.320 e. The molecule has 0 aromatic rings. The van der Waals surface area contributed by atoms with Gasteiger partial charge in [-0.05, 0) is 6.42 Å². The Hall–Kier alpha value is -1.14. The second-order valence-electron chi connectivity index (χ2n) is 3.61. The molecule has 4 N–H and O–H groups in total. The Morgan fingerprint density at radius 3 is 2.53 bits per heavy atom. The van der Waals surface area contributed by atoms with E-state index in [1.54, 1.807) is 4.90 Å². The number of carboxylic acid groups (broad SMARTS) is 1. The van der Waals surface area contributed by atoms with Crippen LogP contribution >= 0.6 is 0 Å². The van der Waals surface area contributed by atoms with Crippen LogP contribution in [0.5, 0.6) is 0 Å². The molecule has 1 fully saturated rings. The third-order valence-electron chi connectivity index (χ3n) is 2.46. The number of carbonyl (C=O) groups excluding carboxylic acids is 1. The van der Waals surface area contributed by atoms with Gasteiger partial charge in [-0.2, -0.15) is 0 Å². The van der Waals surface area contributed by atoms with Crippen LogP contribution in [-0.2, 0) is 9.59 Å². The van der Waals surface area contributed by atoms with Crippen LogP contribution in [0.2, 0.25) is 0 Å². The first-order chi connectivity index (χ1) is 7.11. The zero-order valence-corrected chi connectivity index (χ0v) is 8.61. The molecule has 1 unspecified atom stereocenters. The number of hydrogen-bond acceptors (Lipinski definition) is 4. The number of nitrogens with zero attached hydrogens (tertiary/aromatic N) is 1. The maximum atomic E-state index is 11.6. The Morgan fingerprint density at radius 2 is 2.00 bits per heavy atom. The molecule has 0 radical (unpaired) electrons. The van der Waals surface area contributed by atoms with Crippen molar-refractivity contribution in [1.29, 1.82) is 0 Å². The summed E-state index contributed by atoms with van der Waals surface area (Å²) in [5.74, 6) is -1.06. The molecule has 0 spiro atoms. The first-order valence-corrected chi connectivity index (χ1v) is 5.08. The van der Waals surface area contributed by atoms with Crippen molar-refractivity contribution in [2.45, 2.75) is 18.9 Å². The summed E-state index contributed by atoms with van der Waals surface area (Å²) in [6.45, 7) is 3.00. The van der Waals surface area contributed by atoms with Gasteiger partial charge >= 0.3 is 5.97 Å². The Morgan fingerprint density at radius 1 is 1.40 bits per heavy atom. The van der Waals surface area contributed by atoms with Crippen molar-refractivity contribution in [3.63, 3.8) is 0 Å². The molecule has 0 bridgehead atoms. The summed E-state index contributed by atoms with van der Waals surface area (Å²) in [7, 11) is 0. The fourth-order valence-corrected chi connectivity index (χ4v) is 1.47. The monoisotopic (exact) mass is 215 g/mol. The van der Waals surface area contributed by atoms with E-state index in [1.165, 1.54) is 0 Å². The zero-order valence-electron chi connectivity index (χ0n) is 8.61.